The molecule has 0 aliphatic heterocycles. The largest absolute Gasteiger partial charge is 0.370 e. The Hall–Kier alpha value is -1.32. The van der Waals surface area contributed by atoms with Crippen molar-refractivity contribution in [3.63, 3.8) is 0 Å². The van der Waals surface area contributed by atoms with Gasteiger partial charge in [0.1, 0.15) is 17.5 Å². The van der Waals surface area contributed by atoms with E-state index in [1.165, 1.54) is 19.3 Å². The second kappa shape index (κ2) is 5.15. The molecule has 1 aromatic heterocycles. The van der Waals surface area contributed by atoms with Gasteiger partial charge in [-0.3, -0.25) is 0 Å². The van der Waals surface area contributed by atoms with Crippen LogP contribution < -0.4 is 10.6 Å². The van der Waals surface area contributed by atoms with Crippen LogP contribution in [-0.4, -0.2) is 22.6 Å². The summed E-state index contributed by atoms with van der Waals surface area (Å²) in [6.07, 6.45) is 6.44. The maximum atomic E-state index is 4.68. The summed E-state index contributed by atoms with van der Waals surface area (Å²) in [6.45, 7) is 5.27. The van der Waals surface area contributed by atoms with Crippen LogP contribution >= 0.6 is 0 Å². The number of aromatic nitrogens is 2. The van der Waals surface area contributed by atoms with E-state index in [1.54, 1.807) is 0 Å². The average molecular weight is 286 g/mol. The van der Waals surface area contributed by atoms with Gasteiger partial charge in [-0.2, -0.15) is 0 Å². The predicted octanol–water partition coefficient (Wildman–Crippen LogP) is 3.32. The number of aryl methyl sites for hydroxylation is 1. The van der Waals surface area contributed by atoms with Gasteiger partial charge >= 0.3 is 0 Å². The first kappa shape index (κ1) is 13.4. The maximum Gasteiger partial charge on any atom is 0.132 e. The van der Waals surface area contributed by atoms with Crippen molar-refractivity contribution in [2.45, 2.75) is 52.0 Å². The van der Waals surface area contributed by atoms with Crippen LogP contribution in [-0.2, 0) is 6.42 Å². The number of nitrogens with one attached hydrogen (secondary N) is 2. The van der Waals surface area contributed by atoms with E-state index in [4.69, 9.17) is 0 Å². The van der Waals surface area contributed by atoms with E-state index < -0.39 is 0 Å². The first-order chi connectivity index (χ1) is 10.3. The monoisotopic (exact) mass is 286 g/mol. The highest BCUT2D eigenvalue weighted by molar-refractivity contribution is 5.49. The summed E-state index contributed by atoms with van der Waals surface area (Å²) < 4.78 is 0. The number of nitrogens with zero attached hydrogens (tertiary/aromatic N) is 2. The van der Waals surface area contributed by atoms with Gasteiger partial charge < -0.3 is 10.6 Å². The average Bonchev–Trinajstić information content (AvgIpc) is 2.89. The first-order valence-corrected chi connectivity index (χ1v) is 8.68. The normalized spacial score (nSPS) is 35.6. The summed E-state index contributed by atoms with van der Waals surface area (Å²) in [6, 6.07) is 2.78. The minimum atomic E-state index is 0.690. The van der Waals surface area contributed by atoms with Crippen molar-refractivity contribution in [3.8, 4) is 0 Å². The molecule has 3 aliphatic rings. The van der Waals surface area contributed by atoms with Crippen LogP contribution in [0.1, 0.15) is 45.4 Å². The Bertz CT molecular complexity index is 514. The van der Waals surface area contributed by atoms with Gasteiger partial charge in [0.05, 0.1) is 0 Å². The molecule has 3 saturated carbocycles. The van der Waals surface area contributed by atoms with E-state index in [0.29, 0.717) is 6.04 Å². The number of anilines is 2. The van der Waals surface area contributed by atoms with Gasteiger partial charge in [-0.15, -0.1) is 0 Å². The molecule has 4 nitrogen and oxygen atoms in total. The molecule has 0 aromatic carbocycles. The minimum absolute atomic E-state index is 0.690. The van der Waals surface area contributed by atoms with Crippen molar-refractivity contribution in [3.05, 3.63) is 11.9 Å². The zero-order valence-corrected chi connectivity index (χ0v) is 13.1. The Labute approximate surface area is 127 Å². The van der Waals surface area contributed by atoms with Gasteiger partial charge in [-0.1, -0.05) is 13.8 Å². The quantitative estimate of drug-likeness (QED) is 0.842. The lowest BCUT2D eigenvalue weighted by Crippen LogP contribution is -2.15. The molecule has 2 N–H and O–H groups in total. The molecule has 0 amide bonds. The smallest absolute Gasteiger partial charge is 0.132 e. The molecule has 114 valence electrons. The molecular formula is C17H26N4. The molecule has 21 heavy (non-hydrogen) atoms. The van der Waals surface area contributed by atoms with E-state index in [-0.39, 0.29) is 0 Å². The Morgan fingerprint density at radius 1 is 1.10 bits per heavy atom. The number of fused-ring (bicyclic) bond motifs is 5. The fraction of sp³-hybridized carbons (Fsp3) is 0.765. The number of hydrogen-bond donors (Lipinski definition) is 2. The zero-order chi connectivity index (χ0) is 14.4. The van der Waals surface area contributed by atoms with Crippen LogP contribution in [0.4, 0.5) is 11.6 Å². The second-order valence-electron chi connectivity index (χ2n) is 6.99. The Morgan fingerprint density at radius 2 is 1.81 bits per heavy atom. The molecule has 4 atom stereocenters. The Morgan fingerprint density at radius 3 is 2.48 bits per heavy atom. The van der Waals surface area contributed by atoms with Gasteiger partial charge in [-0.05, 0) is 49.4 Å². The lowest BCUT2D eigenvalue weighted by atomic mass is 10.0. The van der Waals surface area contributed by atoms with Gasteiger partial charge in [0.2, 0.25) is 0 Å². The van der Waals surface area contributed by atoms with E-state index in [0.717, 1.165) is 60.5 Å². The molecule has 0 spiro atoms. The SMILES string of the molecule is CCCNc1cc(NC2C3C4CCC(C4)C23)nc(CC)n1. The van der Waals surface area contributed by atoms with Gasteiger partial charge in [0.15, 0.2) is 0 Å². The lowest BCUT2D eigenvalue weighted by molar-refractivity contribution is 0.456. The molecular weight excluding hydrogens is 260 g/mol. The molecule has 4 heteroatoms. The highest BCUT2D eigenvalue weighted by Crippen LogP contribution is 2.66. The molecule has 4 unspecified atom stereocenters. The highest BCUT2D eigenvalue weighted by Gasteiger charge is 2.65. The van der Waals surface area contributed by atoms with E-state index >= 15 is 0 Å². The second-order valence-corrected chi connectivity index (χ2v) is 6.99. The summed E-state index contributed by atoms with van der Waals surface area (Å²) in [5, 5.41) is 7.11. The van der Waals surface area contributed by atoms with Crippen molar-refractivity contribution in [2.24, 2.45) is 23.7 Å². The van der Waals surface area contributed by atoms with Crippen LogP contribution in [0.15, 0.2) is 6.07 Å². The third-order valence-corrected chi connectivity index (χ3v) is 5.69. The maximum absolute atomic E-state index is 4.68. The number of hydrogen-bond acceptors (Lipinski definition) is 4. The lowest BCUT2D eigenvalue weighted by Gasteiger charge is -2.13. The summed E-state index contributed by atoms with van der Waals surface area (Å²) in [7, 11) is 0. The Balaban J connectivity index is 1.47. The fourth-order valence-corrected chi connectivity index (χ4v) is 4.76. The summed E-state index contributed by atoms with van der Waals surface area (Å²) in [5.74, 6) is 6.82. The van der Waals surface area contributed by atoms with Crippen molar-refractivity contribution in [1.29, 1.82) is 0 Å². The summed E-state index contributed by atoms with van der Waals surface area (Å²) in [4.78, 5) is 9.24. The van der Waals surface area contributed by atoms with E-state index in [1.807, 2.05) is 0 Å². The molecule has 0 radical (unpaired) electrons. The standard InChI is InChI=1S/C17H26N4/c1-3-7-18-13-9-14(20-12(4-2)19-13)21-17-15-10-5-6-11(8-10)16(15)17/h9-11,15-17H,3-8H2,1-2H3,(H2,18,19,20,21). The topological polar surface area (TPSA) is 49.8 Å². The van der Waals surface area contributed by atoms with Gasteiger partial charge in [0.25, 0.3) is 0 Å². The van der Waals surface area contributed by atoms with E-state index in [9.17, 15) is 0 Å². The molecule has 1 aromatic rings. The zero-order valence-electron chi connectivity index (χ0n) is 13.1. The summed E-state index contributed by atoms with van der Waals surface area (Å²) in [5.41, 5.74) is 0. The van der Waals surface area contributed by atoms with Crippen LogP contribution in [0, 0.1) is 23.7 Å². The van der Waals surface area contributed by atoms with Crippen molar-refractivity contribution in [1.82, 2.24) is 9.97 Å². The fourth-order valence-electron chi connectivity index (χ4n) is 4.76. The number of rotatable bonds is 6. The third kappa shape index (κ3) is 2.29. The van der Waals surface area contributed by atoms with E-state index in [2.05, 4.69) is 40.5 Å². The first-order valence-electron chi connectivity index (χ1n) is 8.68. The van der Waals surface area contributed by atoms with Crippen molar-refractivity contribution < 1.29 is 0 Å². The molecule has 3 fully saturated rings. The molecule has 2 bridgehead atoms. The van der Waals surface area contributed by atoms with Crippen LogP contribution in [0.3, 0.4) is 0 Å². The molecule has 4 rings (SSSR count). The molecule has 0 saturated heterocycles. The van der Waals surface area contributed by atoms with Crippen LogP contribution in [0.25, 0.3) is 0 Å². The van der Waals surface area contributed by atoms with Crippen LogP contribution in [0.5, 0.6) is 0 Å². The Kier molecular flexibility index (Phi) is 3.27. The van der Waals surface area contributed by atoms with Crippen molar-refractivity contribution >= 4 is 11.6 Å². The van der Waals surface area contributed by atoms with Crippen molar-refractivity contribution in [2.75, 3.05) is 17.2 Å². The molecule has 1 heterocycles. The van der Waals surface area contributed by atoms with Crippen LogP contribution in [0.2, 0.25) is 0 Å². The summed E-state index contributed by atoms with van der Waals surface area (Å²) >= 11 is 0. The van der Waals surface area contributed by atoms with Gasteiger partial charge in [-0.25, -0.2) is 9.97 Å². The van der Waals surface area contributed by atoms with Gasteiger partial charge in [0, 0.05) is 25.1 Å². The predicted molar refractivity (Wildman–Crippen MR) is 85.4 cm³/mol. The minimum Gasteiger partial charge on any atom is -0.370 e. The third-order valence-electron chi connectivity index (χ3n) is 5.69. The highest BCUT2D eigenvalue weighted by atomic mass is 15.1. The molecule has 3 aliphatic carbocycles.